The largest absolute Gasteiger partial charge is 0.354 e. The zero-order valence-corrected chi connectivity index (χ0v) is 12.5. The fourth-order valence-corrected chi connectivity index (χ4v) is 3.82. The first kappa shape index (κ1) is 14.0. The van der Waals surface area contributed by atoms with Gasteiger partial charge in [0.25, 0.3) is 0 Å². The van der Waals surface area contributed by atoms with Crippen molar-refractivity contribution in [2.45, 2.75) is 63.4 Å². The summed E-state index contributed by atoms with van der Waals surface area (Å²) in [6, 6.07) is 2.96. The molecular weight excluding hydrogens is 240 g/mol. The highest BCUT2D eigenvalue weighted by Crippen LogP contribution is 2.27. The molecule has 0 aromatic carbocycles. The summed E-state index contributed by atoms with van der Waals surface area (Å²) in [6.07, 6.45) is 13.5. The first-order chi connectivity index (χ1) is 8.83. The molecule has 2 atom stereocenters. The Kier molecular flexibility index (Phi) is 5.64. The molecule has 1 N–H and O–H groups in total. The number of hydrogen-bond donors (Lipinski definition) is 1. The van der Waals surface area contributed by atoms with Crippen molar-refractivity contribution in [2.24, 2.45) is 0 Å². The molecule has 0 aliphatic heterocycles. The lowest BCUT2D eigenvalue weighted by Gasteiger charge is -2.31. The first-order valence-corrected chi connectivity index (χ1v) is 8.53. The van der Waals surface area contributed by atoms with Gasteiger partial charge in [0.15, 0.2) is 0 Å². The van der Waals surface area contributed by atoms with Crippen LogP contribution in [0.25, 0.3) is 0 Å². The van der Waals surface area contributed by atoms with Gasteiger partial charge < -0.3 is 9.88 Å². The van der Waals surface area contributed by atoms with E-state index in [0.717, 1.165) is 18.3 Å². The molecular formula is C15H26N2S. The van der Waals surface area contributed by atoms with Crippen LogP contribution in [-0.4, -0.2) is 22.1 Å². The van der Waals surface area contributed by atoms with Crippen molar-refractivity contribution in [3.8, 4) is 0 Å². The maximum Gasteiger partial charge on any atom is 0.0223 e. The van der Waals surface area contributed by atoms with Crippen LogP contribution in [-0.2, 0) is 13.1 Å². The SMILES string of the molecule is CCCn1ccc(CNC2CCCCC2SC)c1. The van der Waals surface area contributed by atoms with Crippen molar-refractivity contribution in [1.29, 1.82) is 0 Å². The summed E-state index contributed by atoms with van der Waals surface area (Å²) in [5.41, 5.74) is 1.42. The minimum Gasteiger partial charge on any atom is -0.354 e. The number of hydrogen-bond acceptors (Lipinski definition) is 2. The molecule has 2 nitrogen and oxygen atoms in total. The van der Waals surface area contributed by atoms with Gasteiger partial charge in [-0.15, -0.1) is 0 Å². The summed E-state index contributed by atoms with van der Waals surface area (Å²) in [5, 5.41) is 4.58. The quantitative estimate of drug-likeness (QED) is 0.846. The Morgan fingerprint density at radius 1 is 1.39 bits per heavy atom. The molecule has 102 valence electrons. The first-order valence-electron chi connectivity index (χ1n) is 7.24. The van der Waals surface area contributed by atoms with E-state index in [4.69, 9.17) is 0 Å². The number of thioether (sulfide) groups is 1. The van der Waals surface area contributed by atoms with Crippen molar-refractivity contribution in [3.05, 3.63) is 24.0 Å². The van der Waals surface area contributed by atoms with E-state index in [1.165, 1.54) is 37.7 Å². The monoisotopic (exact) mass is 266 g/mol. The van der Waals surface area contributed by atoms with Gasteiger partial charge in [-0.2, -0.15) is 11.8 Å². The molecule has 1 aromatic heterocycles. The molecule has 1 aliphatic carbocycles. The molecule has 1 aliphatic rings. The van der Waals surface area contributed by atoms with Gasteiger partial charge in [-0.05, 0) is 37.1 Å². The van der Waals surface area contributed by atoms with E-state index in [0.29, 0.717) is 6.04 Å². The van der Waals surface area contributed by atoms with E-state index in [1.807, 2.05) is 11.8 Å². The van der Waals surface area contributed by atoms with Crippen LogP contribution in [0.15, 0.2) is 18.5 Å². The molecule has 0 radical (unpaired) electrons. The normalized spacial score (nSPS) is 24.3. The summed E-state index contributed by atoms with van der Waals surface area (Å²) in [4.78, 5) is 0. The maximum atomic E-state index is 3.76. The molecule has 18 heavy (non-hydrogen) atoms. The number of nitrogens with zero attached hydrogens (tertiary/aromatic N) is 1. The Bertz CT molecular complexity index is 348. The minimum atomic E-state index is 0.711. The zero-order valence-electron chi connectivity index (χ0n) is 11.7. The van der Waals surface area contributed by atoms with Crippen LogP contribution < -0.4 is 5.32 Å². The molecule has 1 saturated carbocycles. The third-order valence-corrected chi connectivity index (χ3v) is 5.04. The van der Waals surface area contributed by atoms with Crippen LogP contribution in [0, 0.1) is 0 Å². The molecule has 1 aromatic rings. The van der Waals surface area contributed by atoms with E-state index < -0.39 is 0 Å². The van der Waals surface area contributed by atoms with Crippen molar-refractivity contribution in [3.63, 3.8) is 0 Å². The van der Waals surface area contributed by atoms with Crippen molar-refractivity contribution >= 4 is 11.8 Å². The Balaban J connectivity index is 1.81. The molecule has 3 heteroatoms. The highest BCUT2D eigenvalue weighted by Gasteiger charge is 2.23. The number of aryl methyl sites for hydroxylation is 1. The van der Waals surface area contributed by atoms with Crippen LogP contribution in [0.1, 0.15) is 44.6 Å². The zero-order chi connectivity index (χ0) is 12.8. The summed E-state index contributed by atoms with van der Waals surface area (Å²) >= 11 is 2.03. The van der Waals surface area contributed by atoms with Crippen molar-refractivity contribution in [2.75, 3.05) is 6.26 Å². The topological polar surface area (TPSA) is 17.0 Å². The summed E-state index contributed by atoms with van der Waals surface area (Å²) in [7, 11) is 0. The van der Waals surface area contributed by atoms with Crippen LogP contribution >= 0.6 is 11.8 Å². The fraction of sp³-hybridized carbons (Fsp3) is 0.733. The van der Waals surface area contributed by atoms with E-state index in [2.05, 4.69) is 41.5 Å². The molecule has 0 spiro atoms. The number of nitrogens with one attached hydrogen (secondary N) is 1. The number of rotatable bonds is 6. The van der Waals surface area contributed by atoms with Gasteiger partial charge in [0.05, 0.1) is 0 Å². The van der Waals surface area contributed by atoms with Gasteiger partial charge in [0.1, 0.15) is 0 Å². The Labute approximate surface area is 116 Å². The lowest BCUT2D eigenvalue weighted by atomic mass is 9.95. The van der Waals surface area contributed by atoms with Gasteiger partial charge in [0.2, 0.25) is 0 Å². The number of aromatic nitrogens is 1. The van der Waals surface area contributed by atoms with E-state index >= 15 is 0 Å². The minimum absolute atomic E-state index is 0.711. The molecule has 2 unspecified atom stereocenters. The molecule has 1 heterocycles. The highest BCUT2D eigenvalue weighted by molar-refractivity contribution is 7.99. The van der Waals surface area contributed by atoms with Gasteiger partial charge in [-0.3, -0.25) is 0 Å². The van der Waals surface area contributed by atoms with Gasteiger partial charge in [-0.1, -0.05) is 19.8 Å². The lowest BCUT2D eigenvalue weighted by molar-refractivity contribution is 0.383. The summed E-state index contributed by atoms with van der Waals surface area (Å²) < 4.78 is 2.30. The average molecular weight is 266 g/mol. The lowest BCUT2D eigenvalue weighted by Crippen LogP contribution is -2.39. The van der Waals surface area contributed by atoms with Crippen LogP contribution in [0.3, 0.4) is 0 Å². The molecule has 0 amide bonds. The smallest absolute Gasteiger partial charge is 0.0223 e. The fourth-order valence-electron chi connectivity index (χ4n) is 2.85. The second kappa shape index (κ2) is 7.25. The second-order valence-electron chi connectivity index (χ2n) is 5.30. The van der Waals surface area contributed by atoms with Gasteiger partial charge in [0, 0.05) is 36.8 Å². The third-order valence-electron chi connectivity index (χ3n) is 3.87. The third kappa shape index (κ3) is 3.79. The Hall–Kier alpha value is -0.410. The summed E-state index contributed by atoms with van der Waals surface area (Å²) in [6.45, 7) is 4.39. The Morgan fingerprint density at radius 2 is 2.22 bits per heavy atom. The molecule has 0 saturated heterocycles. The highest BCUT2D eigenvalue weighted by atomic mass is 32.2. The average Bonchev–Trinajstić information content (AvgIpc) is 2.85. The Morgan fingerprint density at radius 3 is 3.00 bits per heavy atom. The summed E-state index contributed by atoms with van der Waals surface area (Å²) in [5.74, 6) is 0. The van der Waals surface area contributed by atoms with E-state index in [-0.39, 0.29) is 0 Å². The molecule has 0 bridgehead atoms. The van der Waals surface area contributed by atoms with Gasteiger partial charge >= 0.3 is 0 Å². The molecule has 1 fully saturated rings. The van der Waals surface area contributed by atoms with Crippen molar-refractivity contribution < 1.29 is 0 Å². The van der Waals surface area contributed by atoms with E-state index in [1.54, 1.807) is 0 Å². The van der Waals surface area contributed by atoms with Gasteiger partial charge in [-0.25, -0.2) is 0 Å². The predicted molar refractivity (Wildman–Crippen MR) is 81.1 cm³/mol. The second-order valence-corrected chi connectivity index (χ2v) is 6.38. The van der Waals surface area contributed by atoms with Crippen LogP contribution in [0.5, 0.6) is 0 Å². The van der Waals surface area contributed by atoms with E-state index in [9.17, 15) is 0 Å². The molecule has 2 rings (SSSR count). The van der Waals surface area contributed by atoms with Crippen LogP contribution in [0.2, 0.25) is 0 Å². The maximum absolute atomic E-state index is 3.76. The standard InChI is InChI=1S/C15H26N2S/c1-3-9-17-10-8-13(12-17)11-16-14-6-4-5-7-15(14)18-2/h8,10,12,14-16H,3-7,9,11H2,1-2H3. The van der Waals surface area contributed by atoms with Crippen LogP contribution in [0.4, 0.5) is 0 Å². The predicted octanol–water partition coefficient (Wildman–Crippen LogP) is 3.66. The van der Waals surface area contributed by atoms with Crippen molar-refractivity contribution in [1.82, 2.24) is 9.88 Å².